The summed E-state index contributed by atoms with van der Waals surface area (Å²) in [7, 11) is 0. The largest absolute Gasteiger partial charge is 0.306 e. The second kappa shape index (κ2) is 2.24. The first-order valence-electron chi connectivity index (χ1n) is 5.16. The average Bonchev–Trinajstić information content (AvgIpc) is 2.82. The molecule has 0 amide bonds. The fourth-order valence-corrected chi connectivity index (χ4v) is 3.47. The Kier molecular flexibility index (Phi) is 1.29. The van der Waals surface area contributed by atoms with Crippen LogP contribution in [-0.4, -0.2) is 12.3 Å². The Balaban J connectivity index is 1.81. The maximum absolute atomic E-state index is 4.15. The van der Waals surface area contributed by atoms with Crippen LogP contribution >= 0.6 is 0 Å². The van der Waals surface area contributed by atoms with E-state index in [9.17, 15) is 0 Å². The van der Waals surface area contributed by atoms with Gasteiger partial charge in [0.15, 0.2) is 0 Å². The highest BCUT2D eigenvalue weighted by Gasteiger charge is 2.49. The van der Waals surface area contributed by atoms with Crippen LogP contribution in [0.4, 0.5) is 0 Å². The molecule has 2 aliphatic carbocycles. The van der Waals surface area contributed by atoms with E-state index < -0.39 is 0 Å². The monoisotopic (exact) mass is 164 g/mol. The number of hydrazone groups is 1. The van der Waals surface area contributed by atoms with Crippen LogP contribution < -0.4 is 5.43 Å². The van der Waals surface area contributed by atoms with Crippen molar-refractivity contribution >= 4 is 6.21 Å². The summed E-state index contributed by atoms with van der Waals surface area (Å²) in [6.07, 6.45) is 10.6. The molecule has 0 aromatic heterocycles. The molecule has 0 saturated heterocycles. The van der Waals surface area contributed by atoms with Gasteiger partial charge in [-0.15, -0.1) is 0 Å². The average molecular weight is 164 g/mol. The van der Waals surface area contributed by atoms with E-state index in [0.717, 1.165) is 5.92 Å². The van der Waals surface area contributed by atoms with E-state index in [0.29, 0.717) is 11.5 Å². The Morgan fingerprint density at radius 3 is 2.67 bits per heavy atom. The summed E-state index contributed by atoms with van der Waals surface area (Å²) < 4.78 is 0. The minimum atomic E-state index is 0.654. The molecule has 0 aromatic carbocycles. The summed E-state index contributed by atoms with van der Waals surface area (Å²) in [5, 5.41) is 4.15. The molecule has 2 fully saturated rings. The van der Waals surface area contributed by atoms with Crippen molar-refractivity contribution < 1.29 is 0 Å². The van der Waals surface area contributed by atoms with Crippen molar-refractivity contribution in [2.75, 3.05) is 0 Å². The highest BCUT2D eigenvalue weighted by molar-refractivity contribution is 5.60. The van der Waals surface area contributed by atoms with Crippen molar-refractivity contribution in [1.82, 2.24) is 5.43 Å². The SMILES string of the molecule is C1=NNC(C23CCC(CC2)C3)C1. The minimum absolute atomic E-state index is 0.654. The predicted octanol–water partition coefficient (Wildman–Crippen LogP) is 1.91. The van der Waals surface area contributed by atoms with Crippen molar-refractivity contribution in [2.45, 2.75) is 44.6 Å². The van der Waals surface area contributed by atoms with Gasteiger partial charge >= 0.3 is 0 Å². The fourth-order valence-electron chi connectivity index (χ4n) is 3.47. The molecule has 0 radical (unpaired) electrons. The molecular weight excluding hydrogens is 148 g/mol. The quantitative estimate of drug-likeness (QED) is 0.629. The van der Waals surface area contributed by atoms with Crippen molar-refractivity contribution in [1.29, 1.82) is 0 Å². The summed E-state index contributed by atoms with van der Waals surface area (Å²) in [6.45, 7) is 0. The molecular formula is C10H16N2. The van der Waals surface area contributed by atoms with Crippen molar-refractivity contribution in [3.8, 4) is 0 Å². The fraction of sp³-hybridized carbons (Fsp3) is 0.900. The van der Waals surface area contributed by atoms with E-state index in [1.807, 2.05) is 6.21 Å². The minimum Gasteiger partial charge on any atom is -0.306 e. The molecule has 1 atom stereocenters. The van der Waals surface area contributed by atoms with Gasteiger partial charge in [0.05, 0.1) is 6.04 Å². The number of hydrogen-bond donors (Lipinski definition) is 1. The Morgan fingerprint density at radius 1 is 1.33 bits per heavy atom. The van der Waals surface area contributed by atoms with E-state index in [4.69, 9.17) is 0 Å². The van der Waals surface area contributed by atoms with Crippen LogP contribution in [0, 0.1) is 11.3 Å². The predicted molar refractivity (Wildman–Crippen MR) is 49.0 cm³/mol. The van der Waals surface area contributed by atoms with E-state index in [-0.39, 0.29) is 0 Å². The maximum Gasteiger partial charge on any atom is 0.0546 e. The zero-order valence-corrected chi connectivity index (χ0v) is 7.42. The van der Waals surface area contributed by atoms with Gasteiger partial charge in [0, 0.05) is 12.6 Å². The summed E-state index contributed by atoms with van der Waals surface area (Å²) in [6, 6.07) is 0.685. The molecule has 2 bridgehead atoms. The van der Waals surface area contributed by atoms with Gasteiger partial charge in [0.25, 0.3) is 0 Å². The summed E-state index contributed by atoms with van der Waals surface area (Å²) in [5.74, 6) is 1.06. The van der Waals surface area contributed by atoms with Crippen LogP contribution in [0.5, 0.6) is 0 Å². The molecule has 2 heteroatoms. The first-order chi connectivity index (χ1) is 5.89. The lowest BCUT2D eigenvalue weighted by Crippen LogP contribution is -2.37. The van der Waals surface area contributed by atoms with Gasteiger partial charge in [-0.3, -0.25) is 0 Å². The third-order valence-electron chi connectivity index (χ3n) is 4.20. The Hall–Kier alpha value is -0.530. The maximum atomic E-state index is 4.15. The summed E-state index contributed by atoms with van der Waals surface area (Å²) >= 11 is 0. The molecule has 3 rings (SSSR count). The molecule has 1 unspecified atom stereocenters. The number of nitrogens with zero attached hydrogens (tertiary/aromatic N) is 1. The van der Waals surface area contributed by atoms with Gasteiger partial charge in [0.1, 0.15) is 0 Å². The van der Waals surface area contributed by atoms with E-state index in [1.54, 1.807) is 0 Å². The van der Waals surface area contributed by atoms with Crippen LogP contribution in [0.2, 0.25) is 0 Å². The van der Waals surface area contributed by atoms with Crippen LogP contribution in [-0.2, 0) is 0 Å². The lowest BCUT2D eigenvalue weighted by Gasteiger charge is -2.32. The summed E-state index contributed by atoms with van der Waals surface area (Å²) in [5.41, 5.74) is 3.94. The zero-order chi connectivity index (χ0) is 8.02. The van der Waals surface area contributed by atoms with Crippen LogP contribution in [0.15, 0.2) is 5.10 Å². The van der Waals surface area contributed by atoms with Gasteiger partial charge in [-0.25, -0.2) is 0 Å². The number of nitrogens with one attached hydrogen (secondary N) is 1. The molecule has 2 saturated carbocycles. The smallest absolute Gasteiger partial charge is 0.0546 e. The molecule has 12 heavy (non-hydrogen) atoms. The summed E-state index contributed by atoms with van der Waals surface area (Å²) in [4.78, 5) is 0. The Morgan fingerprint density at radius 2 is 2.17 bits per heavy atom. The molecule has 2 nitrogen and oxygen atoms in total. The van der Waals surface area contributed by atoms with Gasteiger partial charge < -0.3 is 5.43 Å². The molecule has 1 aliphatic heterocycles. The zero-order valence-electron chi connectivity index (χ0n) is 7.42. The second-order valence-electron chi connectivity index (χ2n) is 4.74. The van der Waals surface area contributed by atoms with Gasteiger partial charge in [-0.2, -0.15) is 5.10 Å². The standard InChI is InChI=1S/C10H16N2/c1-4-10(5-2-8(1)7-10)9-3-6-11-12-9/h6,8-9,12H,1-5,7H2. The Bertz CT molecular complexity index is 206. The third kappa shape index (κ3) is 0.782. The topological polar surface area (TPSA) is 24.4 Å². The third-order valence-corrected chi connectivity index (χ3v) is 4.20. The first-order valence-corrected chi connectivity index (χ1v) is 5.16. The van der Waals surface area contributed by atoms with Gasteiger partial charge in [0.2, 0.25) is 0 Å². The van der Waals surface area contributed by atoms with Crippen LogP contribution in [0.1, 0.15) is 38.5 Å². The molecule has 3 aliphatic rings. The second-order valence-corrected chi connectivity index (χ2v) is 4.74. The number of hydrogen-bond acceptors (Lipinski definition) is 2. The number of fused-ring (bicyclic) bond motifs is 2. The van der Waals surface area contributed by atoms with Crippen molar-refractivity contribution in [3.05, 3.63) is 0 Å². The van der Waals surface area contributed by atoms with Gasteiger partial charge in [-0.05, 0) is 43.4 Å². The van der Waals surface area contributed by atoms with Gasteiger partial charge in [-0.1, -0.05) is 0 Å². The first kappa shape index (κ1) is 6.93. The molecule has 0 spiro atoms. The lowest BCUT2D eigenvalue weighted by atomic mass is 9.77. The van der Waals surface area contributed by atoms with Crippen LogP contribution in [0.25, 0.3) is 0 Å². The van der Waals surface area contributed by atoms with Crippen LogP contribution in [0.3, 0.4) is 0 Å². The lowest BCUT2D eigenvalue weighted by molar-refractivity contribution is 0.211. The van der Waals surface area contributed by atoms with Crippen molar-refractivity contribution in [3.63, 3.8) is 0 Å². The normalized spacial score (nSPS) is 50.0. The number of rotatable bonds is 1. The molecule has 66 valence electrons. The Labute approximate surface area is 73.4 Å². The highest BCUT2D eigenvalue weighted by atomic mass is 15.3. The van der Waals surface area contributed by atoms with E-state index in [1.165, 1.54) is 38.5 Å². The van der Waals surface area contributed by atoms with Crippen molar-refractivity contribution in [2.24, 2.45) is 16.4 Å². The molecule has 0 aromatic rings. The molecule has 1 heterocycles. The van der Waals surface area contributed by atoms with E-state index >= 15 is 0 Å². The van der Waals surface area contributed by atoms with E-state index in [2.05, 4.69) is 10.5 Å². The molecule has 1 N–H and O–H groups in total. The highest BCUT2D eigenvalue weighted by Crippen LogP contribution is 2.56.